The molecule has 0 radical (unpaired) electrons. The zero-order chi connectivity index (χ0) is 12.1. The van der Waals surface area contributed by atoms with Gasteiger partial charge in [0.25, 0.3) is 11.5 Å². The number of aliphatic hydroxyl groups is 2. The summed E-state index contributed by atoms with van der Waals surface area (Å²) in [4.78, 5) is 37.2. The van der Waals surface area contributed by atoms with Gasteiger partial charge in [0.15, 0.2) is 0 Å². The predicted molar refractivity (Wildman–Crippen MR) is 53.1 cm³/mol. The molecule has 0 spiro atoms. The first-order chi connectivity index (χ1) is 7.56. The number of hydrogen-bond acceptors (Lipinski definition) is 5. The van der Waals surface area contributed by atoms with Gasteiger partial charge in [-0.25, -0.2) is 4.79 Å². The lowest BCUT2D eigenvalue weighted by Crippen LogP contribution is -2.41. The van der Waals surface area contributed by atoms with E-state index in [2.05, 4.69) is 10.3 Å². The van der Waals surface area contributed by atoms with E-state index in [0.29, 0.717) is 0 Å². The SMILES string of the molecule is O=C(NC(CO)CO)c1cc(=O)[nH]c(=O)[nH]1. The molecule has 1 aromatic heterocycles. The van der Waals surface area contributed by atoms with Gasteiger partial charge in [-0.2, -0.15) is 0 Å². The van der Waals surface area contributed by atoms with E-state index in [1.54, 1.807) is 0 Å². The molecule has 0 aromatic carbocycles. The van der Waals surface area contributed by atoms with Crippen molar-refractivity contribution < 1.29 is 15.0 Å². The normalized spacial score (nSPS) is 10.4. The quantitative estimate of drug-likeness (QED) is 0.378. The molecule has 0 aliphatic carbocycles. The molecule has 0 bridgehead atoms. The number of H-pyrrole nitrogens is 2. The molecule has 1 heterocycles. The lowest BCUT2D eigenvalue weighted by atomic mass is 10.3. The van der Waals surface area contributed by atoms with Crippen molar-refractivity contribution >= 4 is 5.91 Å². The number of carbonyl (C=O) groups is 1. The molecular formula is C8H11N3O5. The molecular weight excluding hydrogens is 218 g/mol. The Morgan fingerprint density at radius 2 is 1.94 bits per heavy atom. The van der Waals surface area contributed by atoms with Crippen LogP contribution in [0.5, 0.6) is 0 Å². The van der Waals surface area contributed by atoms with Crippen LogP contribution in [0, 0.1) is 0 Å². The summed E-state index contributed by atoms with van der Waals surface area (Å²) in [6.45, 7) is -0.897. The lowest BCUT2D eigenvalue weighted by Gasteiger charge is -2.12. The second-order valence-corrected chi connectivity index (χ2v) is 3.04. The summed E-state index contributed by atoms with van der Waals surface area (Å²) in [7, 11) is 0. The monoisotopic (exact) mass is 229 g/mol. The van der Waals surface area contributed by atoms with E-state index in [1.165, 1.54) is 0 Å². The first kappa shape index (κ1) is 12.1. The zero-order valence-electron chi connectivity index (χ0n) is 8.19. The number of aliphatic hydroxyl groups excluding tert-OH is 2. The minimum absolute atomic E-state index is 0.236. The second-order valence-electron chi connectivity index (χ2n) is 3.04. The zero-order valence-corrected chi connectivity index (χ0v) is 8.19. The molecule has 0 saturated heterocycles. The number of nitrogens with one attached hydrogen (secondary N) is 3. The maximum absolute atomic E-state index is 11.4. The third-order valence-electron chi connectivity index (χ3n) is 1.78. The molecule has 1 amide bonds. The number of rotatable bonds is 4. The maximum Gasteiger partial charge on any atom is 0.326 e. The molecule has 0 fully saturated rings. The van der Waals surface area contributed by atoms with Gasteiger partial charge in [-0.05, 0) is 0 Å². The van der Waals surface area contributed by atoms with Crippen LogP contribution in [0.4, 0.5) is 0 Å². The molecule has 5 N–H and O–H groups in total. The fourth-order valence-corrected chi connectivity index (χ4v) is 1.00. The van der Waals surface area contributed by atoms with Crippen molar-refractivity contribution in [3.8, 4) is 0 Å². The molecule has 0 aliphatic heterocycles. The Morgan fingerprint density at radius 1 is 1.31 bits per heavy atom. The summed E-state index contributed by atoms with van der Waals surface area (Å²) in [5.74, 6) is -0.753. The Labute approximate surface area is 89.0 Å². The standard InChI is InChI=1S/C8H11N3O5/c12-2-4(3-13)9-7(15)5-1-6(14)11-8(16)10-5/h1,4,12-13H,2-3H2,(H,9,15)(H2,10,11,14,16). The molecule has 0 aliphatic rings. The van der Waals surface area contributed by atoms with Gasteiger partial charge in [-0.1, -0.05) is 0 Å². The van der Waals surface area contributed by atoms with E-state index in [9.17, 15) is 14.4 Å². The molecule has 1 aromatic rings. The summed E-state index contributed by atoms with van der Waals surface area (Å²) in [5, 5.41) is 19.7. The molecule has 0 saturated carbocycles. The largest absolute Gasteiger partial charge is 0.394 e. The van der Waals surface area contributed by atoms with Crippen molar-refractivity contribution in [2.45, 2.75) is 6.04 Å². The van der Waals surface area contributed by atoms with E-state index in [-0.39, 0.29) is 5.69 Å². The summed E-state index contributed by atoms with van der Waals surface area (Å²) in [6, 6.07) is 0.0676. The Hall–Kier alpha value is -1.93. The Bertz CT molecular complexity index is 445. The van der Waals surface area contributed by atoms with Crippen LogP contribution in [-0.2, 0) is 0 Å². The minimum atomic E-state index is -0.838. The van der Waals surface area contributed by atoms with Gasteiger partial charge in [-0.15, -0.1) is 0 Å². The fraction of sp³-hybridized carbons (Fsp3) is 0.375. The van der Waals surface area contributed by atoms with Crippen LogP contribution in [0.15, 0.2) is 15.7 Å². The molecule has 8 nitrogen and oxygen atoms in total. The van der Waals surface area contributed by atoms with E-state index in [1.807, 2.05) is 4.98 Å². The van der Waals surface area contributed by atoms with Crippen molar-refractivity contribution in [2.24, 2.45) is 0 Å². The second kappa shape index (κ2) is 5.24. The first-order valence-corrected chi connectivity index (χ1v) is 4.43. The van der Waals surface area contributed by atoms with Gasteiger partial charge in [0.2, 0.25) is 0 Å². The van der Waals surface area contributed by atoms with E-state index in [4.69, 9.17) is 10.2 Å². The highest BCUT2D eigenvalue weighted by molar-refractivity contribution is 5.92. The van der Waals surface area contributed by atoms with Gasteiger partial charge >= 0.3 is 5.69 Å². The highest BCUT2D eigenvalue weighted by Gasteiger charge is 2.13. The Kier molecular flexibility index (Phi) is 3.97. The van der Waals surface area contributed by atoms with Crippen LogP contribution >= 0.6 is 0 Å². The van der Waals surface area contributed by atoms with Gasteiger partial charge in [0, 0.05) is 6.07 Å². The predicted octanol–water partition coefficient (Wildman–Crippen LogP) is -2.85. The van der Waals surface area contributed by atoms with Crippen molar-refractivity contribution in [1.82, 2.24) is 15.3 Å². The number of amides is 1. The lowest BCUT2D eigenvalue weighted by molar-refractivity contribution is 0.0874. The molecule has 0 atom stereocenters. The van der Waals surface area contributed by atoms with E-state index >= 15 is 0 Å². The van der Waals surface area contributed by atoms with Crippen LogP contribution in [0.2, 0.25) is 0 Å². The van der Waals surface area contributed by atoms with Crippen molar-refractivity contribution in [2.75, 3.05) is 13.2 Å². The first-order valence-electron chi connectivity index (χ1n) is 4.43. The van der Waals surface area contributed by atoms with Gasteiger partial charge in [0.1, 0.15) is 5.69 Å². The number of aromatic nitrogens is 2. The molecule has 16 heavy (non-hydrogen) atoms. The van der Waals surface area contributed by atoms with Gasteiger partial charge in [-0.3, -0.25) is 14.6 Å². The van der Waals surface area contributed by atoms with Crippen LogP contribution < -0.4 is 16.6 Å². The van der Waals surface area contributed by atoms with E-state index < -0.39 is 36.4 Å². The van der Waals surface area contributed by atoms with Crippen LogP contribution in [0.1, 0.15) is 10.5 Å². The van der Waals surface area contributed by atoms with Crippen LogP contribution in [-0.4, -0.2) is 45.3 Å². The molecule has 8 heteroatoms. The average molecular weight is 229 g/mol. The highest BCUT2D eigenvalue weighted by atomic mass is 16.3. The smallest absolute Gasteiger partial charge is 0.326 e. The number of aromatic amines is 2. The van der Waals surface area contributed by atoms with Gasteiger partial charge < -0.3 is 20.5 Å². The average Bonchev–Trinajstić information content (AvgIpc) is 2.24. The Balaban J connectivity index is 2.88. The van der Waals surface area contributed by atoms with Crippen LogP contribution in [0.3, 0.4) is 0 Å². The van der Waals surface area contributed by atoms with Crippen LogP contribution in [0.25, 0.3) is 0 Å². The van der Waals surface area contributed by atoms with Crippen molar-refractivity contribution in [3.63, 3.8) is 0 Å². The Morgan fingerprint density at radius 3 is 2.44 bits per heavy atom. The van der Waals surface area contributed by atoms with Crippen molar-refractivity contribution in [3.05, 3.63) is 32.6 Å². The molecule has 0 unspecified atom stereocenters. The summed E-state index contributed by atoms with van der Waals surface area (Å²) in [6.07, 6.45) is 0. The molecule has 1 rings (SSSR count). The summed E-state index contributed by atoms with van der Waals surface area (Å²) in [5.41, 5.74) is -1.75. The summed E-state index contributed by atoms with van der Waals surface area (Å²) >= 11 is 0. The highest BCUT2D eigenvalue weighted by Crippen LogP contribution is 1.88. The minimum Gasteiger partial charge on any atom is -0.394 e. The van der Waals surface area contributed by atoms with E-state index in [0.717, 1.165) is 6.07 Å². The van der Waals surface area contributed by atoms with Gasteiger partial charge in [0.05, 0.1) is 19.3 Å². The topological polar surface area (TPSA) is 135 Å². The van der Waals surface area contributed by atoms with Crippen molar-refractivity contribution in [1.29, 1.82) is 0 Å². The molecule has 88 valence electrons. The number of carbonyl (C=O) groups excluding carboxylic acids is 1. The summed E-state index contributed by atoms with van der Waals surface area (Å²) < 4.78 is 0. The fourth-order valence-electron chi connectivity index (χ4n) is 1.00. The third-order valence-corrected chi connectivity index (χ3v) is 1.78. The third kappa shape index (κ3) is 3.04. The maximum atomic E-state index is 11.4. The number of hydrogen-bond donors (Lipinski definition) is 5.